The predicted molar refractivity (Wildman–Crippen MR) is 58.5 cm³/mol. The maximum absolute atomic E-state index is 10.3. The number of carbonyl (C=O) groups excluding carboxylic acids is 1. The highest BCUT2D eigenvalue weighted by atomic mass is 16.1. The van der Waals surface area contributed by atoms with Crippen LogP contribution in [0.2, 0.25) is 0 Å². The summed E-state index contributed by atoms with van der Waals surface area (Å²) in [7, 11) is 0. The van der Waals surface area contributed by atoms with E-state index in [0.29, 0.717) is 13.0 Å². The van der Waals surface area contributed by atoms with Gasteiger partial charge in [0, 0.05) is 11.9 Å². The van der Waals surface area contributed by atoms with Crippen LogP contribution in [0.15, 0.2) is 12.3 Å². The molecule has 0 atom stereocenters. The van der Waals surface area contributed by atoms with Crippen LogP contribution < -0.4 is 5.32 Å². The zero-order chi connectivity index (χ0) is 10.8. The molecule has 0 unspecified atom stereocenters. The second-order valence-corrected chi connectivity index (χ2v) is 3.65. The summed E-state index contributed by atoms with van der Waals surface area (Å²) in [5, 5.41) is 10.8. The molecule has 15 heavy (non-hydrogen) atoms. The van der Waals surface area contributed by atoms with E-state index >= 15 is 0 Å². The fourth-order valence-electron chi connectivity index (χ4n) is 1.87. The first kappa shape index (κ1) is 9.71. The van der Waals surface area contributed by atoms with Crippen molar-refractivity contribution >= 4 is 17.3 Å². The fraction of sp³-hybridized carbons (Fsp3) is 0.273. The SMILES string of the molecule is Cc1cc(C)c2cn[nH]c2c1CNC=O. The summed E-state index contributed by atoms with van der Waals surface area (Å²) in [6, 6.07) is 2.11. The van der Waals surface area contributed by atoms with Crippen molar-refractivity contribution in [2.75, 3.05) is 0 Å². The number of hydrogen-bond acceptors (Lipinski definition) is 2. The van der Waals surface area contributed by atoms with Gasteiger partial charge in [0.1, 0.15) is 0 Å². The quantitative estimate of drug-likeness (QED) is 0.741. The smallest absolute Gasteiger partial charge is 0.207 e. The second kappa shape index (κ2) is 3.73. The first-order valence-electron chi connectivity index (χ1n) is 4.83. The van der Waals surface area contributed by atoms with Gasteiger partial charge in [-0.3, -0.25) is 9.89 Å². The Kier molecular flexibility index (Phi) is 2.41. The lowest BCUT2D eigenvalue weighted by molar-refractivity contribution is -0.109. The molecular weight excluding hydrogens is 190 g/mol. The van der Waals surface area contributed by atoms with Gasteiger partial charge in [-0.15, -0.1) is 0 Å². The molecule has 1 aromatic carbocycles. The number of aromatic amines is 1. The number of H-pyrrole nitrogens is 1. The van der Waals surface area contributed by atoms with Crippen LogP contribution >= 0.6 is 0 Å². The average Bonchev–Trinajstić information content (AvgIpc) is 2.66. The van der Waals surface area contributed by atoms with Crippen molar-refractivity contribution < 1.29 is 4.79 Å². The molecule has 1 aromatic heterocycles. The Balaban J connectivity index is 2.60. The van der Waals surface area contributed by atoms with Gasteiger partial charge in [-0.05, 0) is 30.5 Å². The number of benzene rings is 1. The molecule has 2 rings (SSSR count). The number of rotatable bonds is 3. The third-order valence-electron chi connectivity index (χ3n) is 2.64. The highest BCUT2D eigenvalue weighted by molar-refractivity contribution is 5.85. The van der Waals surface area contributed by atoms with Gasteiger partial charge >= 0.3 is 0 Å². The van der Waals surface area contributed by atoms with Gasteiger partial charge in [-0.2, -0.15) is 5.10 Å². The molecule has 0 fully saturated rings. The Morgan fingerprint density at radius 3 is 3.00 bits per heavy atom. The van der Waals surface area contributed by atoms with Gasteiger partial charge in [0.15, 0.2) is 0 Å². The van der Waals surface area contributed by atoms with Crippen molar-refractivity contribution in [2.45, 2.75) is 20.4 Å². The first-order chi connectivity index (χ1) is 7.24. The highest BCUT2D eigenvalue weighted by Crippen LogP contribution is 2.23. The van der Waals surface area contributed by atoms with E-state index in [9.17, 15) is 4.79 Å². The maximum Gasteiger partial charge on any atom is 0.207 e. The number of aryl methyl sites for hydroxylation is 2. The largest absolute Gasteiger partial charge is 0.355 e. The van der Waals surface area contributed by atoms with Crippen LogP contribution in [0.4, 0.5) is 0 Å². The summed E-state index contributed by atoms with van der Waals surface area (Å²) in [6.45, 7) is 4.63. The van der Waals surface area contributed by atoms with Crippen LogP contribution in [-0.4, -0.2) is 16.6 Å². The summed E-state index contributed by atoms with van der Waals surface area (Å²) >= 11 is 0. The van der Waals surface area contributed by atoms with Crippen molar-refractivity contribution in [1.29, 1.82) is 0 Å². The van der Waals surface area contributed by atoms with Gasteiger partial charge in [0.05, 0.1) is 11.7 Å². The molecule has 0 aliphatic rings. The lowest BCUT2D eigenvalue weighted by Gasteiger charge is -2.08. The van der Waals surface area contributed by atoms with E-state index in [-0.39, 0.29) is 0 Å². The van der Waals surface area contributed by atoms with Crippen LogP contribution in [0.1, 0.15) is 16.7 Å². The van der Waals surface area contributed by atoms with Gasteiger partial charge in [-0.1, -0.05) is 6.07 Å². The van der Waals surface area contributed by atoms with Gasteiger partial charge in [0.2, 0.25) is 6.41 Å². The number of hydrogen-bond donors (Lipinski definition) is 2. The van der Waals surface area contributed by atoms with Crippen LogP contribution in [0.25, 0.3) is 10.9 Å². The Bertz CT molecular complexity index is 502. The molecule has 0 saturated heterocycles. The molecule has 0 bridgehead atoms. The van der Waals surface area contributed by atoms with Crippen LogP contribution in [0, 0.1) is 13.8 Å². The Labute approximate surface area is 87.7 Å². The van der Waals surface area contributed by atoms with Crippen LogP contribution in [0.5, 0.6) is 0 Å². The topological polar surface area (TPSA) is 57.8 Å². The van der Waals surface area contributed by atoms with Crippen molar-refractivity contribution in [3.05, 3.63) is 29.0 Å². The normalized spacial score (nSPS) is 10.5. The molecule has 1 amide bonds. The van der Waals surface area contributed by atoms with E-state index in [4.69, 9.17) is 0 Å². The third-order valence-corrected chi connectivity index (χ3v) is 2.64. The molecule has 4 heteroatoms. The molecule has 0 radical (unpaired) electrons. The van der Waals surface area contributed by atoms with Crippen molar-refractivity contribution in [2.24, 2.45) is 0 Å². The summed E-state index contributed by atoms with van der Waals surface area (Å²) in [4.78, 5) is 10.3. The molecular formula is C11H13N3O. The van der Waals surface area contributed by atoms with Crippen molar-refractivity contribution in [1.82, 2.24) is 15.5 Å². The van der Waals surface area contributed by atoms with Gasteiger partial charge < -0.3 is 5.32 Å². The lowest BCUT2D eigenvalue weighted by Crippen LogP contribution is -2.11. The molecule has 0 saturated carbocycles. The lowest BCUT2D eigenvalue weighted by atomic mass is 10.0. The summed E-state index contributed by atoms with van der Waals surface area (Å²) in [6.07, 6.45) is 2.52. The molecule has 1 heterocycles. The van der Waals surface area contributed by atoms with E-state index in [1.807, 2.05) is 13.1 Å². The number of nitrogens with zero attached hydrogens (tertiary/aromatic N) is 1. The number of carbonyl (C=O) groups is 1. The summed E-state index contributed by atoms with van der Waals surface area (Å²) in [5.41, 5.74) is 4.48. The highest BCUT2D eigenvalue weighted by Gasteiger charge is 2.08. The third kappa shape index (κ3) is 1.58. The van der Waals surface area contributed by atoms with E-state index in [0.717, 1.165) is 16.5 Å². The standard InChI is InChI=1S/C11H13N3O/c1-7-3-8(2)10-5-13-14-11(10)9(7)4-12-6-15/h3,5-6H,4H2,1-2H3,(H,12,15)(H,13,14). The number of amides is 1. The monoisotopic (exact) mass is 203 g/mol. The minimum absolute atomic E-state index is 0.536. The Morgan fingerprint density at radius 1 is 1.47 bits per heavy atom. The van der Waals surface area contributed by atoms with Gasteiger partial charge in [-0.25, -0.2) is 0 Å². The predicted octanol–water partition coefficient (Wildman–Crippen LogP) is 1.43. The van der Waals surface area contributed by atoms with Crippen LogP contribution in [-0.2, 0) is 11.3 Å². The van der Waals surface area contributed by atoms with Crippen molar-refractivity contribution in [3.63, 3.8) is 0 Å². The Hall–Kier alpha value is -1.84. The molecule has 0 spiro atoms. The average molecular weight is 203 g/mol. The molecule has 0 aliphatic carbocycles. The van der Waals surface area contributed by atoms with Crippen LogP contribution in [0.3, 0.4) is 0 Å². The molecule has 2 N–H and O–H groups in total. The van der Waals surface area contributed by atoms with E-state index in [2.05, 4.69) is 28.5 Å². The summed E-state index contributed by atoms with van der Waals surface area (Å²) < 4.78 is 0. The van der Waals surface area contributed by atoms with E-state index < -0.39 is 0 Å². The maximum atomic E-state index is 10.3. The zero-order valence-corrected chi connectivity index (χ0v) is 8.79. The fourth-order valence-corrected chi connectivity index (χ4v) is 1.87. The molecule has 2 aromatic rings. The van der Waals surface area contributed by atoms with Gasteiger partial charge in [0.25, 0.3) is 0 Å². The number of nitrogens with one attached hydrogen (secondary N) is 2. The molecule has 78 valence electrons. The Morgan fingerprint density at radius 2 is 2.27 bits per heavy atom. The van der Waals surface area contributed by atoms with E-state index in [1.54, 1.807) is 0 Å². The minimum atomic E-state index is 0.536. The zero-order valence-electron chi connectivity index (χ0n) is 8.79. The molecule has 0 aliphatic heterocycles. The first-order valence-corrected chi connectivity index (χ1v) is 4.83. The number of aromatic nitrogens is 2. The number of fused-ring (bicyclic) bond motifs is 1. The minimum Gasteiger partial charge on any atom is -0.355 e. The molecule has 4 nitrogen and oxygen atoms in total. The van der Waals surface area contributed by atoms with E-state index in [1.165, 1.54) is 11.1 Å². The summed E-state index contributed by atoms with van der Waals surface area (Å²) in [5.74, 6) is 0. The van der Waals surface area contributed by atoms with Crippen molar-refractivity contribution in [3.8, 4) is 0 Å². The second-order valence-electron chi connectivity index (χ2n) is 3.65.